The van der Waals surface area contributed by atoms with E-state index < -0.39 is 52.1 Å². The monoisotopic (exact) mass is 1660 g/mol. The molecule has 0 saturated heterocycles. The molecule has 0 saturated carbocycles. The first-order valence-corrected chi connectivity index (χ1v) is 40.3. The topological polar surface area (TPSA) is 516 Å². The molecule has 4 aromatic heterocycles. The van der Waals surface area contributed by atoms with Gasteiger partial charge in [-0.1, -0.05) is 108 Å². The average Bonchev–Trinajstić information content (AvgIpc) is 0.805. The number of unbranched alkanes of at least 4 members (excludes halogenated alkanes) is 4. The molecule has 0 aliphatic heterocycles. The highest BCUT2D eigenvalue weighted by molar-refractivity contribution is 5.82. The highest BCUT2D eigenvalue weighted by Gasteiger charge is 2.34. The van der Waals surface area contributed by atoms with Crippen molar-refractivity contribution in [1.29, 1.82) is 0 Å². The molecule has 4 aromatic carbocycles. The van der Waals surface area contributed by atoms with E-state index >= 15 is 0 Å². The van der Waals surface area contributed by atoms with Gasteiger partial charge in [0.1, 0.15) is 46.3 Å². The van der Waals surface area contributed by atoms with Crippen LogP contribution in [0.15, 0.2) is 72.8 Å². The van der Waals surface area contributed by atoms with Crippen LogP contribution < -0.4 is 63.1 Å². The van der Waals surface area contributed by atoms with E-state index in [4.69, 9.17) is 52.1 Å². The molecule has 0 aliphatic carbocycles. The molecule has 8 rings (SSSR count). The number of nitrogens with two attached hydrogens (primary N) is 4. The van der Waals surface area contributed by atoms with Gasteiger partial charge in [-0.2, -0.15) is 19.9 Å². The van der Waals surface area contributed by atoms with Crippen molar-refractivity contribution in [2.45, 2.75) is 228 Å². The number of aliphatic carboxylic acids is 6. The third-order valence-electron chi connectivity index (χ3n) is 20.6. The Morgan fingerprint density at radius 1 is 0.392 bits per heavy atom. The minimum atomic E-state index is -1.09. The second-order valence-electron chi connectivity index (χ2n) is 30.8. The van der Waals surface area contributed by atoms with Crippen LogP contribution in [-0.2, 0) is 83.5 Å². The van der Waals surface area contributed by atoms with Crippen LogP contribution in [0.1, 0.15) is 236 Å². The highest BCUT2D eigenvalue weighted by Crippen LogP contribution is 2.37. The van der Waals surface area contributed by atoms with Crippen molar-refractivity contribution < 1.29 is 78.4 Å². The lowest BCUT2D eigenvalue weighted by molar-refractivity contribution is -0.143. The number of nitrogens with zero attached hydrogens (tertiary/aromatic N) is 8. The van der Waals surface area contributed by atoms with Crippen molar-refractivity contribution in [3.63, 3.8) is 0 Å². The Labute approximate surface area is 703 Å². The lowest BCUT2D eigenvalue weighted by Gasteiger charge is -2.23. The van der Waals surface area contributed by atoms with Gasteiger partial charge in [0, 0.05) is 104 Å². The molecule has 0 aliphatic rings. The van der Waals surface area contributed by atoms with Crippen molar-refractivity contribution in [1.82, 2.24) is 39.9 Å². The van der Waals surface area contributed by atoms with Gasteiger partial charge >= 0.3 is 35.8 Å². The average molecular weight is 1660 g/mol. The Morgan fingerprint density at radius 3 is 1.03 bits per heavy atom. The maximum absolute atomic E-state index is 11.8. The summed E-state index contributed by atoms with van der Waals surface area (Å²) >= 11 is 0. The summed E-state index contributed by atoms with van der Waals surface area (Å²) in [6.07, 6.45) is 11.0. The summed E-state index contributed by atoms with van der Waals surface area (Å²) in [5.41, 5.74) is 32.8. The number of rotatable bonds is 43. The second-order valence-corrected chi connectivity index (χ2v) is 30.8. The van der Waals surface area contributed by atoms with Crippen LogP contribution >= 0.6 is 0 Å². The molecule has 1 atom stereocenters. The van der Waals surface area contributed by atoms with Gasteiger partial charge in [0.05, 0.1) is 63.2 Å². The number of hydrogen-bond donors (Lipinski definition) is 14. The fraction of sp³-hybridized carbons (Fsp3) is 0.477. The lowest BCUT2D eigenvalue weighted by Crippen LogP contribution is -2.28. The molecule has 0 radical (unpaired) electrons. The summed E-state index contributed by atoms with van der Waals surface area (Å²) in [7, 11) is 6.34. The van der Waals surface area contributed by atoms with Crippen LogP contribution in [0.5, 0.6) is 23.0 Å². The van der Waals surface area contributed by atoms with E-state index in [0.717, 1.165) is 137 Å². The summed E-state index contributed by atoms with van der Waals surface area (Å²) in [4.78, 5) is 103. The molecular weight excluding hydrogens is 1540 g/mol. The van der Waals surface area contributed by atoms with Crippen molar-refractivity contribution in [2.24, 2.45) is 0 Å². The van der Waals surface area contributed by atoms with Crippen LogP contribution in [0.25, 0.3) is 0 Å². The molecule has 120 heavy (non-hydrogen) atoms. The third-order valence-corrected chi connectivity index (χ3v) is 20.6. The molecule has 8 aromatic rings. The van der Waals surface area contributed by atoms with E-state index in [1.54, 1.807) is 106 Å². The summed E-state index contributed by atoms with van der Waals surface area (Å²) < 4.78 is 22.1. The Balaban J connectivity index is 0.000000286. The Morgan fingerprint density at radius 2 is 0.700 bits per heavy atom. The van der Waals surface area contributed by atoms with E-state index in [2.05, 4.69) is 81.9 Å². The number of aromatic nitrogens is 8. The van der Waals surface area contributed by atoms with Gasteiger partial charge in [-0.05, 0) is 163 Å². The van der Waals surface area contributed by atoms with E-state index in [9.17, 15) is 49.2 Å². The predicted octanol–water partition coefficient (Wildman–Crippen LogP) is 13.8. The quantitative estimate of drug-likeness (QED) is 0.0158. The zero-order valence-corrected chi connectivity index (χ0v) is 72.5. The summed E-state index contributed by atoms with van der Waals surface area (Å²) in [6.45, 7) is 26.3. The first-order chi connectivity index (χ1) is 56.7. The number of nitrogens with one attached hydrogen (secondary N) is 4. The maximum atomic E-state index is 11.8. The standard InChI is InChI=1S/C24H34N4O5.C23H32N4O5.C21H30N4O3.C20H28N4O3/c1-6-7-8-17(13-20(29)30)27-21-18(14(2)26-23(25)28-21)12-15-11-16(9-10-19(15)33-5)24(3,4)22(31)32;1-5-6-11-25-20-16(17(8-10-19(28)29)26-22(24)27-20)13-14-12-15(7-9-18(14)32-4)23(2,3)21(30)31;1-6-7-10-23-18-16(13(2)24-20(22)25-18)12-14-11-15(8-9-17(14)28-5)21(3,4)19(26)27;1-4-5-10-22-19-16(13(2)23-20(21)24-19)12-15-11-14(7-9-18(25)26)6-8-17(15)27-3/h9-11,17H,6-8,12-13H2,1-5H3,(H,29,30)(H,31,32)(H3,25,26,27,28);7,9,12H,5-6,8,10-11,13H2,1-4H3,(H,28,29)(H,30,31)(H3,24,25,26,27);8-9,11H,6-7,10,12H2,1-5H3,(H,26,27)(H3,22,23,24,25);6,8,11H,4-5,7,9-10,12H2,1-3H3,(H,25,26)(H3,21,22,23,24)/t17-;;;/m0.../s1. The summed E-state index contributed by atoms with van der Waals surface area (Å²) in [5.74, 6) is 0.395. The molecule has 32 nitrogen and oxygen atoms in total. The molecule has 0 fully saturated rings. The molecule has 18 N–H and O–H groups in total. The van der Waals surface area contributed by atoms with Gasteiger partial charge in [0.2, 0.25) is 23.8 Å². The number of methoxy groups -OCH3 is 4. The van der Waals surface area contributed by atoms with Gasteiger partial charge in [0.15, 0.2) is 0 Å². The number of anilines is 8. The number of carboxylic acids is 6. The number of hydrogen-bond acceptors (Lipinski definition) is 26. The van der Waals surface area contributed by atoms with Gasteiger partial charge in [-0.25, -0.2) is 19.9 Å². The summed E-state index contributed by atoms with van der Waals surface area (Å²) in [6, 6.07) is 21.6. The number of carboxylic acid groups (broad SMARTS) is 6. The molecular formula is C88H124N16O16. The van der Waals surface area contributed by atoms with Crippen LogP contribution in [0.3, 0.4) is 0 Å². The minimum absolute atomic E-state index is 0.0476. The van der Waals surface area contributed by atoms with Gasteiger partial charge < -0.3 is 93.8 Å². The molecule has 0 spiro atoms. The maximum Gasteiger partial charge on any atom is 0.313 e. The fourth-order valence-electron chi connectivity index (χ4n) is 12.9. The first kappa shape index (κ1) is 98.2. The van der Waals surface area contributed by atoms with Gasteiger partial charge in [-0.15, -0.1) is 0 Å². The van der Waals surface area contributed by atoms with Crippen LogP contribution in [0.4, 0.5) is 47.1 Å². The summed E-state index contributed by atoms with van der Waals surface area (Å²) in [5, 5.41) is 69.5. The van der Waals surface area contributed by atoms with Crippen molar-refractivity contribution in [2.75, 3.05) is 92.3 Å². The second kappa shape index (κ2) is 46.7. The smallest absolute Gasteiger partial charge is 0.313 e. The predicted molar refractivity (Wildman–Crippen MR) is 466 cm³/mol. The fourth-order valence-corrected chi connectivity index (χ4v) is 12.9. The van der Waals surface area contributed by atoms with E-state index in [-0.39, 0.29) is 55.5 Å². The Bertz CT molecular complexity index is 4810. The highest BCUT2D eigenvalue weighted by atomic mass is 16.5. The largest absolute Gasteiger partial charge is 0.496 e. The lowest BCUT2D eigenvalue weighted by atomic mass is 9.83. The molecule has 4 heterocycles. The van der Waals surface area contributed by atoms with Crippen molar-refractivity contribution in [3.8, 4) is 23.0 Å². The number of aryl methyl sites for hydroxylation is 5. The van der Waals surface area contributed by atoms with Gasteiger partial charge in [-0.3, -0.25) is 28.8 Å². The Kier molecular flexibility index (Phi) is 38.2. The number of ether oxygens (including phenoxy) is 4. The molecule has 652 valence electrons. The Hall–Kier alpha value is -12.4. The SMILES string of the molecule is CCCCNc1nc(N)nc(C)c1Cc1cc(C(C)(C)C(=O)O)ccc1OC.CCCCNc1nc(N)nc(C)c1Cc1cc(CCC(=O)O)ccc1OC.CCCCNc1nc(N)nc(CCC(=O)O)c1Cc1cc(C(C)(C)C(=O)O)ccc1OC.CCCC[C@@H](CC(=O)O)Nc1nc(N)nc(C)c1Cc1cc(C(C)(C)C(=O)O)ccc1OC. The van der Waals surface area contributed by atoms with E-state index in [1.807, 2.05) is 64.1 Å². The van der Waals surface area contributed by atoms with Crippen LogP contribution in [0.2, 0.25) is 0 Å². The number of nitrogen functional groups attached to an aromatic ring is 4. The van der Waals surface area contributed by atoms with E-state index in [1.165, 1.54) is 0 Å². The molecule has 0 amide bonds. The van der Waals surface area contributed by atoms with Crippen LogP contribution in [0, 0.1) is 20.8 Å². The van der Waals surface area contributed by atoms with Crippen molar-refractivity contribution in [3.05, 3.63) is 162 Å². The molecule has 32 heteroatoms. The molecule has 0 unspecified atom stereocenters. The zero-order valence-electron chi connectivity index (χ0n) is 72.5. The van der Waals surface area contributed by atoms with Gasteiger partial charge in [0.25, 0.3) is 0 Å². The molecule has 0 bridgehead atoms. The number of benzene rings is 4. The zero-order chi connectivity index (χ0) is 89.4. The minimum Gasteiger partial charge on any atom is -0.496 e. The van der Waals surface area contributed by atoms with E-state index in [0.29, 0.717) is 108 Å². The third kappa shape index (κ3) is 28.7. The first-order valence-electron chi connectivity index (χ1n) is 40.3. The number of carbonyl (C=O) groups is 6. The van der Waals surface area contributed by atoms with Crippen molar-refractivity contribution >= 4 is 82.9 Å². The van der Waals surface area contributed by atoms with Crippen LogP contribution in [-0.4, -0.2) is 160 Å². The normalized spacial score (nSPS) is 11.4.